The summed E-state index contributed by atoms with van der Waals surface area (Å²) >= 11 is 3.42. The summed E-state index contributed by atoms with van der Waals surface area (Å²) in [6, 6.07) is 12.0. The van der Waals surface area contributed by atoms with Crippen LogP contribution in [-0.2, 0) is 11.2 Å². The van der Waals surface area contributed by atoms with Gasteiger partial charge in [-0.2, -0.15) is 0 Å². The number of hydrogen-bond donors (Lipinski definition) is 1. The highest BCUT2D eigenvalue weighted by atomic mass is 79.9. The SMILES string of the molecule is Cc1cc(OCC(=O)NCCCc2ccc(F)cc2)ccc1Br. The first-order chi connectivity index (χ1) is 11.0. The Morgan fingerprint density at radius 3 is 2.65 bits per heavy atom. The molecule has 3 nitrogen and oxygen atoms in total. The number of nitrogens with one attached hydrogen (secondary N) is 1. The largest absolute Gasteiger partial charge is 0.484 e. The molecule has 0 atom stereocenters. The normalized spacial score (nSPS) is 10.4. The summed E-state index contributed by atoms with van der Waals surface area (Å²) in [7, 11) is 0. The van der Waals surface area contributed by atoms with E-state index in [4.69, 9.17) is 4.74 Å². The number of benzene rings is 2. The Morgan fingerprint density at radius 2 is 1.96 bits per heavy atom. The van der Waals surface area contributed by atoms with Gasteiger partial charge in [-0.3, -0.25) is 4.79 Å². The maximum Gasteiger partial charge on any atom is 0.257 e. The summed E-state index contributed by atoms with van der Waals surface area (Å²) in [6.07, 6.45) is 1.60. The van der Waals surface area contributed by atoms with Crippen LogP contribution in [0.5, 0.6) is 5.75 Å². The van der Waals surface area contributed by atoms with Gasteiger partial charge in [-0.15, -0.1) is 0 Å². The quantitative estimate of drug-likeness (QED) is 0.737. The predicted molar refractivity (Wildman–Crippen MR) is 92.1 cm³/mol. The lowest BCUT2D eigenvalue weighted by molar-refractivity contribution is -0.123. The number of carbonyl (C=O) groups excluding carboxylic acids is 1. The van der Waals surface area contributed by atoms with Crippen LogP contribution in [0.1, 0.15) is 17.5 Å². The first-order valence-corrected chi connectivity index (χ1v) is 8.24. The Morgan fingerprint density at radius 1 is 1.22 bits per heavy atom. The smallest absolute Gasteiger partial charge is 0.257 e. The van der Waals surface area contributed by atoms with E-state index >= 15 is 0 Å². The molecule has 2 rings (SSSR count). The molecule has 2 aromatic rings. The van der Waals surface area contributed by atoms with Crippen molar-refractivity contribution in [2.45, 2.75) is 19.8 Å². The van der Waals surface area contributed by atoms with Gasteiger partial charge in [-0.1, -0.05) is 28.1 Å². The van der Waals surface area contributed by atoms with Crippen LogP contribution in [0, 0.1) is 12.7 Å². The Labute approximate surface area is 144 Å². The molecule has 1 amide bonds. The van der Waals surface area contributed by atoms with Crippen molar-refractivity contribution < 1.29 is 13.9 Å². The third kappa shape index (κ3) is 6.02. The zero-order valence-corrected chi connectivity index (χ0v) is 14.5. The molecular formula is C18H19BrFNO2. The van der Waals surface area contributed by atoms with E-state index in [1.807, 2.05) is 25.1 Å². The van der Waals surface area contributed by atoms with Gasteiger partial charge < -0.3 is 10.1 Å². The van der Waals surface area contributed by atoms with Crippen LogP contribution in [0.3, 0.4) is 0 Å². The van der Waals surface area contributed by atoms with Crippen molar-refractivity contribution in [2.24, 2.45) is 0 Å². The molecule has 0 radical (unpaired) electrons. The maximum atomic E-state index is 12.8. The van der Waals surface area contributed by atoms with Crippen LogP contribution in [0.25, 0.3) is 0 Å². The lowest BCUT2D eigenvalue weighted by atomic mass is 10.1. The minimum atomic E-state index is -0.234. The van der Waals surface area contributed by atoms with Gasteiger partial charge in [0.2, 0.25) is 0 Å². The van der Waals surface area contributed by atoms with Gasteiger partial charge in [0, 0.05) is 11.0 Å². The number of aryl methyl sites for hydroxylation is 2. The van der Waals surface area contributed by atoms with Crippen molar-refractivity contribution in [3.8, 4) is 5.75 Å². The highest BCUT2D eigenvalue weighted by molar-refractivity contribution is 9.10. The Hall–Kier alpha value is -1.88. The van der Waals surface area contributed by atoms with E-state index in [0.29, 0.717) is 12.3 Å². The number of rotatable bonds is 7. The molecule has 0 heterocycles. The second-order valence-corrected chi connectivity index (χ2v) is 6.13. The lowest BCUT2D eigenvalue weighted by Gasteiger charge is -2.09. The van der Waals surface area contributed by atoms with Gasteiger partial charge in [0.05, 0.1) is 0 Å². The fraction of sp³-hybridized carbons (Fsp3) is 0.278. The number of ether oxygens (including phenoxy) is 1. The summed E-state index contributed by atoms with van der Waals surface area (Å²) in [5.41, 5.74) is 2.12. The van der Waals surface area contributed by atoms with Crippen LogP contribution >= 0.6 is 15.9 Å². The van der Waals surface area contributed by atoms with Crippen LogP contribution in [0.2, 0.25) is 0 Å². The topological polar surface area (TPSA) is 38.3 Å². The second-order valence-electron chi connectivity index (χ2n) is 5.28. The van der Waals surface area contributed by atoms with E-state index in [9.17, 15) is 9.18 Å². The van der Waals surface area contributed by atoms with Gasteiger partial charge in [-0.25, -0.2) is 4.39 Å². The molecule has 0 fully saturated rings. The van der Waals surface area contributed by atoms with E-state index in [2.05, 4.69) is 21.2 Å². The average Bonchev–Trinajstić information content (AvgIpc) is 2.54. The predicted octanol–water partition coefficient (Wildman–Crippen LogP) is 4.02. The lowest BCUT2D eigenvalue weighted by Crippen LogP contribution is -2.29. The van der Waals surface area contributed by atoms with Crippen molar-refractivity contribution in [2.75, 3.05) is 13.2 Å². The van der Waals surface area contributed by atoms with Crippen LogP contribution < -0.4 is 10.1 Å². The van der Waals surface area contributed by atoms with Crippen LogP contribution in [0.15, 0.2) is 46.9 Å². The molecule has 0 aliphatic carbocycles. The van der Waals surface area contributed by atoms with Gasteiger partial charge in [0.1, 0.15) is 11.6 Å². The van der Waals surface area contributed by atoms with Gasteiger partial charge >= 0.3 is 0 Å². The molecule has 122 valence electrons. The molecule has 0 saturated carbocycles. The third-order valence-electron chi connectivity index (χ3n) is 3.38. The summed E-state index contributed by atoms with van der Waals surface area (Å²) in [5.74, 6) is 0.291. The maximum absolute atomic E-state index is 12.8. The van der Waals surface area contributed by atoms with Gasteiger partial charge in [0.25, 0.3) is 5.91 Å². The van der Waals surface area contributed by atoms with Gasteiger partial charge in [-0.05, 0) is 61.2 Å². The van der Waals surface area contributed by atoms with E-state index in [-0.39, 0.29) is 18.3 Å². The molecule has 5 heteroatoms. The molecule has 0 bridgehead atoms. The number of carbonyl (C=O) groups is 1. The van der Waals surface area contributed by atoms with Crippen molar-refractivity contribution in [3.63, 3.8) is 0 Å². The number of halogens is 2. The average molecular weight is 380 g/mol. The fourth-order valence-electron chi connectivity index (χ4n) is 2.08. The summed E-state index contributed by atoms with van der Waals surface area (Å²) in [5, 5.41) is 2.81. The molecule has 0 aliphatic heterocycles. The molecule has 2 aromatic carbocycles. The molecule has 23 heavy (non-hydrogen) atoms. The first kappa shape index (κ1) is 17.5. The fourth-order valence-corrected chi connectivity index (χ4v) is 2.32. The molecule has 0 aromatic heterocycles. The molecule has 0 aliphatic rings. The van der Waals surface area contributed by atoms with Crippen molar-refractivity contribution >= 4 is 21.8 Å². The van der Waals surface area contributed by atoms with Crippen molar-refractivity contribution in [3.05, 3.63) is 63.9 Å². The Kier molecular flexibility index (Phi) is 6.59. The molecule has 0 saturated heterocycles. The van der Waals surface area contributed by atoms with E-state index in [1.165, 1.54) is 12.1 Å². The van der Waals surface area contributed by atoms with E-state index in [0.717, 1.165) is 28.4 Å². The highest BCUT2D eigenvalue weighted by Crippen LogP contribution is 2.21. The monoisotopic (exact) mass is 379 g/mol. The number of hydrogen-bond acceptors (Lipinski definition) is 2. The Balaban J connectivity index is 1.65. The molecular weight excluding hydrogens is 361 g/mol. The molecule has 1 N–H and O–H groups in total. The van der Waals surface area contributed by atoms with E-state index in [1.54, 1.807) is 12.1 Å². The summed E-state index contributed by atoms with van der Waals surface area (Å²) < 4.78 is 19.2. The van der Waals surface area contributed by atoms with Crippen LogP contribution in [-0.4, -0.2) is 19.1 Å². The highest BCUT2D eigenvalue weighted by Gasteiger charge is 2.04. The first-order valence-electron chi connectivity index (χ1n) is 7.44. The minimum Gasteiger partial charge on any atom is -0.484 e. The second kappa shape index (κ2) is 8.67. The Bertz CT molecular complexity index is 659. The molecule has 0 unspecified atom stereocenters. The zero-order valence-electron chi connectivity index (χ0n) is 12.9. The summed E-state index contributed by atoms with van der Waals surface area (Å²) in [4.78, 5) is 11.7. The van der Waals surface area contributed by atoms with Crippen LogP contribution in [0.4, 0.5) is 4.39 Å². The minimum absolute atomic E-state index is 0.00236. The number of amides is 1. The summed E-state index contributed by atoms with van der Waals surface area (Å²) in [6.45, 7) is 2.53. The van der Waals surface area contributed by atoms with Crippen molar-refractivity contribution in [1.82, 2.24) is 5.32 Å². The zero-order chi connectivity index (χ0) is 16.7. The van der Waals surface area contributed by atoms with Gasteiger partial charge in [0.15, 0.2) is 6.61 Å². The van der Waals surface area contributed by atoms with Crippen molar-refractivity contribution in [1.29, 1.82) is 0 Å². The molecule has 0 spiro atoms. The third-order valence-corrected chi connectivity index (χ3v) is 4.27. The van der Waals surface area contributed by atoms with E-state index < -0.39 is 0 Å². The standard InChI is InChI=1S/C18H19BrFNO2/c1-13-11-16(8-9-17(13)19)23-12-18(22)21-10-2-3-14-4-6-15(20)7-5-14/h4-9,11H,2-3,10,12H2,1H3,(H,21,22).